The Morgan fingerprint density at radius 3 is 0.803 bits per heavy atom. The minimum absolute atomic E-state index is 0.0719. The molecular formula is C65H120O6. The molecular weight excluding hydrogens is 877 g/mol. The van der Waals surface area contributed by atoms with E-state index < -0.39 is 6.10 Å². The van der Waals surface area contributed by atoms with Crippen molar-refractivity contribution in [2.24, 2.45) is 0 Å². The maximum atomic E-state index is 12.9. The Hall–Kier alpha value is -2.37. The fraction of sp³-hybridized carbons (Fsp3) is 0.862. The molecule has 0 heterocycles. The number of esters is 3. The van der Waals surface area contributed by atoms with E-state index in [1.54, 1.807) is 0 Å². The molecule has 0 saturated carbocycles. The molecule has 71 heavy (non-hydrogen) atoms. The Bertz CT molecular complexity index is 1190. The van der Waals surface area contributed by atoms with E-state index in [4.69, 9.17) is 14.2 Å². The van der Waals surface area contributed by atoms with Gasteiger partial charge in [0, 0.05) is 19.3 Å². The lowest BCUT2D eigenvalue weighted by molar-refractivity contribution is -0.167. The van der Waals surface area contributed by atoms with Crippen LogP contribution in [0.4, 0.5) is 0 Å². The highest BCUT2D eigenvalue weighted by Crippen LogP contribution is 2.17. The number of hydrogen-bond acceptors (Lipinski definition) is 6. The summed E-state index contributed by atoms with van der Waals surface area (Å²) in [6.45, 7) is 6.67. The van der Waals surface area contributed by atoms with Gasteiger partial charge in [0.25, 0.3) is 0 Å². The van der Waals surface area contributed by atoms with Crippen molar-refractivity contribution in [2.45, 2.75) is 348 Å². The lowest BCUT2D eigenvalue weighted by Gasteiger charge is -2.18. The fourth-order valence-corrected chi connectivity index (χ4v) is 9.35. The van der Waals surface area contributed by atoms with Crippen molar-refractivity contribution < 1.29 is 28.6 Å². The molecule has 0 rings (SSSR count). The molecule has 0 aliphatic rings. The van der Waals surface area contributed by atoms with Crippen LogP contribution in [0.3, 0.4) is 0 Å². The van der Waals surface area contributed by atoms with Crippen LogP contribution in [0.25, 0.3) is 0 Å². The summed E-state index contributed by atoms with van der Waals surface area (Å²) in [6.07, 6.45) is 72.8. The summed E-state index contributed by atoms with van der Waals surface area (Å²) in [5.41, 5.74) is 0. The summed E-state index contributed by atoms with van der Waals surface area (Å²) in [4.78, 5) is 38.3. The van der Waals surface area contributed by atoms with Crippen molar-refractivity contribution in [1.29, 1.82) is 0 Å². The SMILES string of the molecule is CCCCCC/C=C\C/C=C\CCCCCCCCCC(=O)OC(COC(=O)CCCCCCCCCCC/C=C\CCCCCCCCCC)COC(=O)CCCCCCCCCCCCCCCC. The zero-order valence-electron chi connectivity index (χ0n) is 47.8. The number of carbonyl (C=O) groups is 3. The molecule has 0 saturated heterocycles. The Labute approximate surface area is 442 Å². The molecule has 0 spiro atoms. The topological polar surface area (TPSA) is 78.9 Å². The second-order valence-electron chi connectivity index (χ2n) is 21.3. The fourth-order valence-electron chi connectivity index (χ4n) is 9.35. The number of carbonyl (C=O) groups excluding carboxylic acids is 3. The van der Waals surface area contributed by atoms with Crippen LogP contribution >= 0.6 is 0 Å². The molecule has 1 unspecified atom stereocenters. The summed E-state index contributed by atoms with van der Waals surface area (Å²) in [5.74, 6) is -0.860. The molecule has 0 fully saturated rings. The third-order valence-electron chi connectivity index (χ3n) is 14.1. The maximum Gasteiger partial charge on any atom is 0.306 e. The Morgan fingerprint density at radius 2 is 0.507 bits per heavy atom. The van der Waals surface area contributed by atoms with Crippen LogP contribution < -0.4 is 0 Å². The molecule has 416 valence electrons. The Kier molecular flexibility index (Phi) is 58.2. The van der Waals surface area contributed by atoms with Crippen molar-refractivity contribution in [1.82, 2.24) is 0 Å². The number of hydrogen-bond donors (Lipinski definition) is 0. The van der Waals surface area contributed by atoms with E-state index in [1.807, 2.05) is 0 Å². The predicted molar refractivity (Wildman–Crippen MR) is 307 cm³/mol. The van der Waals surface area contributed by atoms with Gasteiger partial charge in [0.2, 0.25) is 0 Å². The molecule has 0 aromatic rings. The molecule has 0 aliphatic carbocycles. The van der Waals surface area contributed by atoms with Gasteiger partial charge in [-0.3, -0.25) is 14.4 Å². The van der Waals surface area contributed by atoms with E-state index in [-0.39, 0.29) is 31.1 Å². The molecule has 1 atom stereocenters. The number of allylic oxidation sites excluding steroid dienone is 6. The molecule has 6 nitrogen and oxygen atoms in total. The number of unbranched alkanes of at least 4 members (excludes halogenated alkanes) is 41. The quantitative estimate of drug-likeness (QED) is 0.0261. The standard InChI is InChI=1S/C65H120O6/c1-4-7-10-13-16-19-22-25-28-30-32-33-34-36-37-40-43-46-49-52-55-58-64(67)70-61-62(60-69-63(66)57-54-51-48-45-42-39-27-24-21-18-15-12-9-6-3)71-65(68)59-56-53-50-47-44-41-38-35-31-29-26-23-20-17-14-11-8-5-2/h20,23,29-32,62H,4-19,21-22,24-28,33-61H2,1-3H3/b23-20-,31-29-,32-30-. The van der Waals surface area contributed by atoms with E-state index in [0.29, 0.717) is 19.3 Å². The van der Waals surface area contributed by atoms with Crippen molar-refractivity contribution >= 4 is 17.9 Å². The van der Waals surface area contributed by atoms with Crippen molar-refractivity contribution in [3.05, 3.63) is 36.5 Å². The van der Waals surface area contributed by atoms with E-state index in [0.717, 1.165) is 70.6 Å². The third kappa shape index (κ3) is 58.4. The van der Waals surface area contributed by atoms with Gasteiger partial charge in [-0.2, -0.15) is 0 Å². The van der Waals surface area contributed by atoms with Gasteiger partial charge in [-0.15, -0.1) is 0 Å². The number of rotatable bonds is 58. The largest absolute Gasteiger partial charge is 0.462 e. The molecule has 0 aromatic heterocycles. The van der Waals surface area contributed by atoms with Gasteiger partial charge in [-0.25, -0.2) is 0 Å². The highest BCUT2D eigenvalue weighted by atomic mass is 16.6. The average Bonchev–Trinajstić information content (AvgIpc) is 3.37. The van der Waals surface area contributed by atoms with Gasteiger partial charge in [-0.1, -0.05) is 282 Å². The second-order valence-corrected chi connectivity index (χ2v) is 21.3. The smallest absolute Gasteiger partial charge is 0.306 e. The minimum Gasteiger partial charge on any atom is -0.462 e. The summed E-state index contributed by atoms with van der Waals surface area (Å²) < 4.78 is 16.9. The maximum absolute atomic E-state index is 12.9. The molecule has 0 aromatic carbocycles. The average molecular weight is 998 g/mol. The van der Waals surface area contributed by atoms with Gasteiger partial charge in [0.1, 0.15) is 13.2 Å². The first-order valence-corrected chi connectivity index (χ1v) is 31.5. The van der Waals surface area contributed by atoms with Gasteiger partial charge in [-0.05, 0) is 77.0 Å². The molecule has 0 aliphatic heterocycles. The van der Waals surface area contributed by atoms with Gasteiger partial charge < -0.3 is 14.2 Å². The summed E-state index contributed by atoms with van der Waals surface area (Å²) in [7, 11) is 0. The first-order valence-electron chi connectivity index (χ1n) is 31.5. The van der Waals surface area contributed by atoms with Crippen molar-refractivity contribution in [3.8, 4) is 0 Å². The Morgan fingerprint density at radius 1 is 0.282 bits per heavy atom. The highest BCUT2D eigenvalue weighted by Gasteiger charge is 2.19. The van der Waals surface area contributed by atoms with Gasteiger partial charge >= 0.3 is 17.9 Å². The molecule has 0 bridgehead atoms. The first-order chi connectivity index (χ1) is 35.0. The summed E-state index contributed by atoms with van der Waals surface area (Å²) in [6, 6.07) is 0. The third-order valence-corrected chi connectivity index (χ3v) is 14.1. The second kappa shape index (κ2) is 60.2. The monoisotopic (exact) mass is 997 g/mol. The van der Waals surface area contributed by atoms with E-state index in [9.17, 15) is 14.4 Å². The van der Waals surface area contributed by atoms with Crippen LogP contribution in [0.1, 0.15) is 342 Å². The van der Waals surface area contributed by atoms with Gasteiger partial charge in [0.15, 0.2) is 6.10 Å². The lowest BCUT2D eigenvalue weighted by Crippen LogP contribution is -2.30. The van der Waals surface area contributed by atoms with E-state index in [2.05, 4.69) is 57.2 Å². The zero-order valence-corrected chi connectivity index (χ0v) is 47.8. The molecule has 6 heteroatoms. The molecule has 0 radical (unpaired) electrons. The normalized spacial score (nSPS) is 12.2. The highest BCUT2D eigenvalue weighted by molar-refractivity contribution is 5.71. The zero-order chi connectivity index (χ0) is 51.4. The van der Waals surface area contributed by atoms with Crippen molar-refractivity contribution in [2.75, 3.05) is 13.2 Å². The first kappa shape index (κ1) is 68.6. The van der Waals surface area contributed by atoms with Crippen LogP contribution in [-0.4, -0.2) is 37.2 Å². The number of ether oxygens (including phenoxy) is 3. The van der Waals surface area contributed by atoms with Crippen LogP contribution in [0.15, 0.2) is 36.5 Å². The Balaban J connectivity index is 4.32. The van der Waals surface area contributed by atoms with Crippen LogP contribution in [-0.2, 0) is 28.6 Å². The predicted octanol–water partition coefficient (Wildman–Crippen LogP) is 21.2. The summed E-state index contributed by atoms with van der Waals surface area (Å²) in [5, 5.41) is 0. The minimum atomic E-state index is -0.775. The van der Waals surface area contributed by atoms with E-state index >= 15 is 0 Å². The summed E-state index contributed by atoms with van der Waals surface area (Å²) >= 11 is 0. The van der Waals surface area contributed by atoms with Crippen LogP contribution in [0, 0.1) is 0 Å². The van der Waals surface area contributed by atoms with Crippen LogP contribution in [0.5, 0.6) is 0 Å². The van der Waals surface area contributed by atoms with E-state index in [1.165, 1.54) is 231 Å². The molecule has 0 amide bonds. The van der Waals surface area contributed by atoms with Crippen LogP contribution in [0.2, 0.25) is 0 Å². The lowest BCUT2D eigenvalue weighted by atomic mass is 10.0. The molecule has 0 N–H and O–H groups in total. The van der Waals surface area contributed by atoms with Crippen molar-refractivity contribution in [3.63, 3.8) is 0 Å². The van der Waals surface area contributed by atoms with Gasteiger partial charge in [0.05, 0.1) is 0 Å².